The number of carbonyl (C=O) groups is 1. The summed E-state index contributed by atoms with van der Waals surface area (Å²) in [5.41, 5.74) is 2.36. The molecule has 3 rings (SSSR count). The molecule has 24 heavy (non-hydrogen) atoms. The van der Waals surface area contributed by atoms with Gasteiger partial charge in [-0.15, -0.1) is 11.3 Å². The molecule has 0 atom stereocenters. The van der Waals surface area contributed by atoms with E-state index in [0.29, 0.717) is 6.04 Å². The van der Waals surface area contributed by atoms with E-state index in [-0.39, 0.29) is 5.69 Å². The number of aromatic nitrogens is 1. The van der Waals surface area contributed by atoms with Crippen LogP contribution in [-0.4, -0.2) is 59.1 Å². The summed E-state index contributed by atoms with van der Waals surface area (Å²) in [5.74, 6) is -0.978. The molecule has 1 N–H and O–H groups in total. The molecule has 128 valence electrons. The Balaban J connectivity index is 1.62. The van der Waals surface area contributed by atoms with Crippen molar-refractivity contribution in [3.63, 3.8) is 0 Å². The number of carboxylic acid groups (broad SMARTS) is 1. The van der Waals surface area contributed by atoms with Crippen LogP contribution in [0.2, 0.25) is 0 Å². The highest BCUT2D eigenvalue weighted by molar-refractivity contribution is 7.13. The van der Waals surface area contributed by atoms with Crippen LogP contribution in [0.25, 0.3) is 10.6 Å². The lowest BCUT2D eigenvalue weighted by atomic mass is 10.0. The van der Waals surface area contributed by atoms with Crippen LogP contribution in [0.3, 0.4) is 0 Å². The SMILES string of the molecule is CN1CCC(N(C)Cc2ccc(-c3nc(C(=O)O)cs3)cc2)CC1. The quantitative estimate of drug-likeness (QED) is 0.903. The Morgan fingerprint density at radius 2 is 2.00 bits per heavy atom. The van der Waals surface area contributed by atoms with Gasteiger partial charge >= 0.3 is 5.97 Å². The van der Waals surface area contributed by atoms with Gasteiger partial charge in [-0.05, 0) is 45.6 Å². The molecule has 0 amide bonds. The van der Waals surface area contributed by atoms with Crippen molar-refractivity contribution >= 4 is 17.3 Å². The molecular formula is C18H23N3O2S. The van der Waals surface area contributed by atoms with E-state index in [0.717, 1.165) is 17.1 Å². The maximum absolute atomic E-state index is 10.9. The van der Waals surface area contributed by atoms with Gasteiger partial charge in [0.25, 0.3) is 0 Å². The van der Waals surface area contributed by atoms with Crippen LogP contribution in [0.1, 0.15) is 28.9 Å². The second kappa shape index (κ2) is 7.42. The molecule has 5 nitrogen and oxygen atoms in total. The molecule has 1 saturated heterocycles. The summed E-state index contributed by atoms with van der Waals surface area (Å²) in [7, 11) is 4.38. The number of carboxylic acids is 1. The Bertz CT molecular complexity index is 691. The predicted molar refractivity (Wildman–Crippen MR) is 96.5 cm³/mol. The van der Waals surface area contributed by atoms with Crippen molar-refractivity contribution in [1.29, 1.82) is 0 Å². The lowest BCUT2D eigenvalue weighted by Crippen LogP contribution is -2.41. The number of hydrogen-bond donors (Lipinski definition) is 1. The molecule has 6 heteroatoms. The van der Waals surface area contributed by atoms with Gasteiger partial charge in [0.05, 0.1) is 0 Å². The third-order valence-electron chi connectivity index (χ3n) is 4.67. The number of aromatic carboxylic acids is 1. The lowest BCUT2D eigenvalue weighted by Gasteiger charge is -2.35. The van der Waals surface area contributed by atoms with Crippen molar-refractivity contribution < 1.29 is 9.90 Å². The van der Waals surface area contributed by atoms with Crippen molar-refractivity contribution in [1.82, 2.24) is 14.8 Å². The normalized spacial score (nSPS) is 16.6. The molecule has 0 unspecified atom stereocenters. The average molecular weight is 345 g/mol. The first-order valence-corrected chi connectivity index (χ1v) is 9.08. The van der Waals surface area contributed by atoms with Gasteiger partial charge in [-0.3, -0.25) is 4.90 Å². The van der Waals surface area contributed by atoms with E-state index < -0.39 is 5.97 Å². The van der Waals surface area contributed by atoms with Gasteiger partial charge in [0.1, 0.15) is 5.01 Å². The molecule has 0 saturated carbocycles. The number of piperidine rings is 1. The Labute approximate surface area is 146 Å². The number of nitrogens with zero attached hydrogens (tertiary/aromatic N) is 3. The van der Waals surface area contributed by atoms with Gasteiger partial charge in [0.15, 0.2) is 5.69 Å². The maximum atomic E-state index is 10.9. The van der Waals surface area contributed by atoms with Gasteiger partial charge in [-0.1, -0.05) is 24.3 Å². The van der Waals surface area contributed by atoms with Crippen LogP contribution in [0.15, 0.2) is 29.6 Å². The van der Waals surface area contributed by atoms with Gasteiger partial charge in [-0.2, -0.15) is 0 Å². The molecule has 2 heterocycles. The first-order valence-electron chi connectivity index (χ1n) is 8.20. The Morgan fingerprint density at radius 1 is 1.33 bits per heavy atom. The summed E-state index contributed by atoms with van der Waals surface area (Å²) in [4.78, 5) is 19.9. The number of benzene rings is 1. The fourth-order valence-electron chi connectivity index (χ4n) is 3.11. The van der Waals surface area contributed by atoms with Gasteiger partial charge in [0, 0.05) is 23.5 Å². The molecule has 1 aromatic carbocycles. The summed E-state index contributed by atoms with van der Waals surface area (Å²) in [5, 5.41) is 11.3. The molecule has 0 radical (unpaired) electrons. The molecule has 0 spiro atoms. The van der Waals surface area contributed by atoms with Crippen molar-refractivity contribution in [3.8, 4) is 10.6 Å². The highest BCUT2D eigenvalue weighted by Crippen LogP contribution is 2.25. The second-order valence-corrected chi connectivity index (χ2v) is 7.35. The third kappa shape index (κ3) is 4.01. The Morgan fingerprint density at radius 3 is 2.58 bits per heavy atom. The van der Waals surface area contributed by atoms with E-state index in [4.69, 9.17) is 5.11 Å². The molecule has 1 aromatic heterocycles. The molecule has 1 fully saturated rings. The summed E-state index contributed by atoms with van der Waals surface area (Å²) >= 11 is 1.37. The first kappa shape index (κ1) is 17.1. The standard InChI is InChI=1S/C18H23N3O2S/c1-20-9-7-15(8-10-20)21(2)11-13-3-5-14(6-4-13)17-19-16(12-24-17)18(22)23/h3-6,12,15H,7-11H2,1-2H3,(H,22,23). The third-order valence-corrected chi connectivity index (χ3v) is 5.56. The minimum Gasteiger partial charge on any atom is -0.476 e. The predicted octanol–water partition coefficient (Wildman–Crippen LogP) is 3.03. The van der Waals surface area contributed by atoms with E-state index >= 15 is 0 Å². The van der Waals surface area contributed by atoms with Crippen LogP contribution >= 0.6 is 11.3 Å². The smallest absolute Gasteiger partial charge is 0.355 e. The van der Waals surface area contributed by atoms with Crippen LogP contribution in [0.4, 0.5) is 0 Å². The second-order valence-electron chi connectivity index (χ2n) is 6.49. The number of likely N-dealkylation sites (tertiary alicyclic amines) is 1. The largest absolute Gasteiger partial charge is 0.476 e. The fourth-order valence-corrected chi connectivity index (χ4v) is 3.91. The van der Waals surface area contributed by atoms with Crippen LogP contribution in [0.5, 0.6) is 0 Å². The van der Waals surface area contributed by atoms with E-state index in [1.165, 1.54) is 42.8 Å². The Kier molecular flexibility index (Phi) is 5.28. The first-order chi connectivity index (χ1) is 11.5. The monoisotopic (exact) mass is 345 g/mol. The highest BCUT2D eigenvalue weighted by Gasteiger charge is 2.20. The van der Waals surface area contributed by atoms with Gasteiger partial charge < -0.3 is 10.0 Å². The zero-order valence-electron chi connectivity index (χ0n) is 14.1. The minimum absolute atomic E-state index is 0.112. The van der Waals surface area contributed by atoms with Crippen LogP contribution in [-0.2, 0) is 6.54 Å². The molecule has 1 aliphatic heterocycles. The highest BCUT2D eigenvalue weighted by atomic mass is 32.1. The zero-order valence-corrected chi connectivity index (χ0v) is 14.9. The van der Waals surface area contributed by atoms with E-state index in [1.54, 1.807) is 5.38 Å². The van der Waals surface area contributed by atoms with Crippen molar-refractivity contribution in [2.45, 2.75) is 25.4 Å². The maximum Gasteiger partial charge on any atom is 0.355 e. The van der Waals surface area contributed by atoms with Gasteiger partial charge in [0.2, 0.25) is 0 Å². The topological polar surface area (TPSA) is 56.7 Å². The van der Waals surface area contributed by atoms with E-state index in [1.807, 2.05) is 12.1 Å². The molecular weight excluding hydrogens is 322 g/mol. The molecule has 0 aliphatic carbocycles. The minimum atomic E-state index is -0.978. The molecule has 2 aromatic rings. The average Bonchev–Trinajstić information content (AvgIpc) is 3.06. The van der Waals surface area contributed by atoms with Crippen LogP contribution in [0, 0.1) is 0 Å². The van der Waals surface area contributed by atoms with E-state index in [2.05, 4.69) is 41.0 Å². The Hall–Kier alpha value is -1.76. The van der Waals surface area contributed by atoms with Crippen molar-refractivity contribution in [3.05, 3.63) is 40.9 Å². The summed E-state index contributed by atoms with van der Waals surface area (Å²) in [6.45, 7) is 3.28. The zero-order chi connectivity index (χ0) is 17.1. The number of hydrogen-bond acceptors (Lipinski definition) is 5. The number of thiazole rings is 1. The lowest BCUT2D eigenvalue weighted by molar-refractivity contribution is 0.0691. The number of rotatable bonds is 5. The molecule has 0 bridgehead atoms. The van der Waals surface area contributed by atoms with Crippen LogP contribution < -0.4 is 0 Å². The molecule has 1 aliphatic rings. The summed E-state index contributed by atoms with van der Waals surface area (Å²) in [6, 6.07) is 8.94. The summed E-state index contributed by atoms with van der Waals surface area (Å²) in [6.07, 6.45) is 2.45. The fraction of sp³-hybridized carbons (Fsp3) is 0.444. The van der Waals surface area contributed by atoms with Crippen molar-refractivity contribution in [2.75, 3.05) is 27.2 Å². The van der Waals surface area contributed by atoms with Crippen molar-refractivity contribution in [2.24, 2.45) is 0 Å². The van der Waals surface area contributed by atoms with E-state index in [9.17, 15) is 4.79 Å². The summed E-state index contributed by atoms with van der Waals surface area (Å²) < 4.78 is 0. The van der Waals surface area contributed by atoms with Gasteiger partial charge in [-0.25, -0.2) is 9.78 Å².